The quantitative estimate of drug-likeness (QED) is 0.773. The molecule has 12 heavy (non-hydrogen) atoms. The molecule has 0 unspecified atom stereocenters. The van der Waals surface area contributed by atoms with Crippen molar-refractivity contribution in [1.29, 1.82) is 0 Å². The van der Waals surface area contributed by atoms with Gasteiger partial charge in [0.2, 0.25) is 0 Å². The summed E-state index contributed by atoms with van der Waals surface area (Å²) < 4.78 is 2.52. The van der Waals surface area contributed by atoms with Crippen LogP contribution < -0.4 is 0 Å². The number of aliphatic hydroxyl groups is 1. The highest BCUT2D eigenvalue weighted by Gasteiger charge is 2.02. The average Bonchev–Trinajstić information content (AvgIpc) is 2.01. The van der Waals surface area contributed by atoms with Gasteiger partial charge in [-0.1, -0.05) is 0 Å². The molecule has 0 radical (unpaired) electrons. The van der Waals surface area contributed by atoms with E-state index in [9.17, 15) is 0 Å². The van der Waals surface area contributed by atoms with Gasteiger partial charge in [0, 0.05) is 13.7 Å². The Labute approximate surface area is 99.8 Å². The monoisotopic (exact) mass is 388 g/mol. The van der Waals surface area contributed by atoms with Gasteiger partial charge in [0.25, 0.3) is 0 Å². The van der Waals surface area contributed by atoms with Crippen LogP contribution in [0.25, 0.3) is 0 Å². The van der Waals surface area contributed by atoms with Crippen molar-refractivity contribution in [3.63, 3.8) is 0 Å². The van der Waals surface area contributed by atoms with Gasteiger partial charge in [-0.2, -0.15) is 0 Å². The van der Waals surface area contributed by atoms with E-state index in [0.717, 1.165) is 6.42 Å². The molecular formula is C9H10I2O. The molecule has 0 aromatic heterocycles. The Balaban J connectivity index is 3.05. The largest absolute Gasteiger partial charge is 0.396 e. The zero-order valence-corrected chi connectivity index (χ0v) is 11.1. The van der Waals surface area contributed by atoms with Gasteiger partial charge in [-0.3, -0.25) is 0 Å². The SMILES string of the molecule is Cc1cc(I)c(CCO)cc1I. The fraction of sp³-hybridized carbons (Fsp3) is 0.333. The van der Waals surface area contributed by atoms with Crippen molar-refractivity contribution in [3.8, 4) is 0 Å². The second-order valence-electron chi connectivity index (χ2n) is 2.67. The number of halogens is 2. The Morgan fingerprint density at radius 1 is 1.25 bits per heavy atom. The highest BCUT2D eigenvalue weighted by Crippen LogP contribution is 2.20. The standard InChI is InChI=1S/C9H10I2O/c1-6-4-9(11)7(2-3-12)5-8(6)10/h4-5,12H,2-3H2,1H3. The van der Waals surface area contributed by atoms with Crippen LogP contribution in [0.1, 0.15) is 11.1 Å². The summed E-state index contributed by atoms with van der Waals surface area (Å²) in [6, 6.07) is 4.31. The van der Waals surface area contributed by atoms with E-state index in [-0.39, 0.29) is 6.61 Å². The lowest BCUT2D eigenvalue weighted by molar-refractivity contribution is 0.299. The van der Waals surface area contributed by atoms with E-state index < -0.39 is 0 Å². The topological polar surface area (TPSA) is 20.2 Å². The minimum absolute atomic E-state index is 0.231. The first-order valence-electron chi connectivity index (χ1n) is 3.70. The van der Waals surface area contributed by atoms with Gasteiger partial charge < -0.3 is 5.11 Å². The molecule has 1 rings (SSSR count). The van der Waals surface area contributed by atoms with Gasteiger partial charge in [-0.25, -0.2) is 0 Å². The lowest BCUT2D eigenvalue weighted by Gasteiger charge is -2.05. The Hall–Kier alpha value is 0.640. The molecule has 0 fully saturated rings. The summed E-state index contributed by atoms with van der Waals surface area (Å²) >= 11 is 4.63. The number of aliphatic hydroxyl groups excluding tert-OH is 1. The van der Waals surface area contributed by atoms with E-state index in [4.69, 9.17) is 5.11 Å². The van der Waals surface area contributed by atoms with Gasteiger partial charge >= 0.3 is 0 Å². The van der Waals surface area contributed by atoms with Crippen LogP contribution in [0, 0.1) is 14.1 Å². The molecule has 0 saturated carbocycles. The van der Waals surface area contributed by atoms with Crippen molar-refractivity contribution in [2.75, 3.05) is 6.61 Å². The van der Waals surface area contributed by atoms with Crippen LogP contribution in [0.5, 0.6) is 0 Å². The van der Waals surface area contributed by atoms with Crippen LogP contribution in [0.4, 0.5) is 0 Å². The van der Waals surface area contributed by atoms with Gasteiger partial charge in [0.15, 0.2) is 0 Å². The van der Waals surface area contributed by atoms with E-state index in [2.05, 4.69) is 64.2 Å². The third-order valence-corrected chi connectivity index (χ3v) is 3.88. The maximum atomic E-state index is 8.80. The van der Waals surface area contributed by atoms with Crippen LogP contribution in [-0.2, 0) is 6.42 Å². The minimum Gasteiger partial charge on any atom is -0.396 e. The summed E-state index contributed by atoms with van der Waals surface area (Å²) in [5.41, 5.74) is 2.55. The molecule has 1 aromatic carbocycles. The molecule has 66 valence electrons. The highest BCUT2D eigenvalue weighted by atomic mass is 127. The molecule has 0 saturated heterocycles. The first-order valence-corrected chi connectivity index (χ1v) is 5.86. The molecule has 0 bridgehead atoms. The van der Waals surface area contributed by atoms with Gasteiger partial charge in [0.1, 0.15) is 0 Å². The Morgan fingerprint density at radius 3 is 2.50 bits per heavy atom. The first kappa shape index (κ1) is 10.7. The fourth-order valence-electron chi connectivity index (χ4n) is 1.000. The van der Waals surface area contributed by atoms with Crippen molar-refractivity contribution in [1.82, 2.24) is 0 Å². The van der Waals surface area contributed by atoms with Crippen LogP contribution >= 0.6 is 45.2 Å². The predicted octanol–water partition coefficient (Wildman–Crippen LogP) is 2.74. The molecule has 0 heterocycles. The summed E-state index contributed by atoms with van der Waals surface area (Å²) in [6.45, 7) is 2.34. The minimum atomic E-state index is 0.231. The van der Waals surface area contributed by atoms with E-state index >= 15 is 0 Å². The third-order valence-electron chi connectivity index (χ3n) is 1.71. The number of aryl methyl sites for hydroxylation is 1. The van der Waals surface area contributed by atoms with Gasteiger partial charge in [-0.15, -0.1) is 0 Å². The summed E-state index contributed by atoms with van der Waals surface area (Å²) in [5, 5.41) is 8.80. The summed E-state index contributed by atoms with van der Waals surface area (Å²) in [6.07, 6.45) is 0.758. The van der Waals surface area contributed by atoms with E-state index in [1.807, 2.05) is 0 Å². The second-order valence-corrected chi connectivity index (χ2v) is 4.99. The predicted molar refractivity (Wildman–Crippen MR) is 67.4 cm³/mol. The Morgan fingerprint density at radius 2 is 1.92 bits per heavy atom. The lowest BCUT2D eigenvalue weighted by Crippen LogP contribution is -1.96. The normalized spacial score (nSPS) is 10.3. The molecule has 0 amide bonds. The van der Waals surface area contributed by atoms with Crippen LogP contribution in [0.3, 0.4) is 0 Å². The number of benzene rings is 1. The van der Waals surface area contributed by atoms with Crippen molar-refractivity contribution in [2.24, 2.45) is 0 Å². The van der Waals surface area contributed by atoms with Gasteiger partial charge in [0.05, 0.1) is 0 Å². The average molecular weight is 388 g/mol. The molecule has 1 aromatic rings. The van der Waals surface area contributed by atoms with Crippen molar-refractivity contribution in [2.45, 2.75) is 13.3 Å². The Bertz CT molecular complexity index is 284. The molecule has 0 aliphatic heterocycles. The molecule has 1 N–H and O–H groups in total. The molecule has 0 aliphatic rings. The number of rotatable bonds is 2. The zero-order valence-electron chi connectivity index (χ0n) is 6.77. The number of hydrogen-bond donors (Lipinski definition) is 1. The summed E-state index contributed by atoms with van der Waals surface area (Å²) in [4.78, 5) is 0. The molecule has 0 atom stereocenters. The van der Waals surface area contributed by atoms with E-state index in [1.54, 1.807) is 0 Å². The van der Waals surface area contributed by atoms with Crippen molar-refractivity contribution in [3.05, 3.63) is 30.4 Å². The zero-order chi connectivity index (χ0) is 9.14. The highest BCUT2D eigenvalue weighted by molar-refractivity contribution is 14.1. The number of hydrogen-bond acceptors (Lipinski definition) is 1. The molecule has 1 nitrogen and oxygen atoms in total. The second kappa shape index (κ2) is 4.76. The first-order chi connectivity index (χ1) is 5.65. The molecule has 3 heteroatoms. The molecular weight excluding hydrogens is 378 g/mol. The van der Waals surface area contributed by atoms with Crippen LogP contribution in [-0.4, -0.2) is 11.7 Å². The maximum absolute atomic E-state index is 8.80. The third kappa shape index (κ3) is 2.56. The van der Waals surface area contributed by atoms with Crippen molar-refractivity contribution < 1.29 is 5.11 Å². The van der Waals surface area contributed by atoms with E-state index in [0.29, 0.717) is 0 Å². The maximum Gasteiger partial charge on any atom is 0.0471 e. The van der Waals surface area contributed by atoms with Crippen molar-refractivity contribution >= 4 is 45.2 Å². The van der Waals surface area contributed by atoms with Gasteiger partial charge in [-0.05, 0) is 81.8 Å². The lowest BCUT2D eigenvalue weighted by atomic mass is 10.1. The van der Waals surface area contributed by atoms with Crippen LogP contribution in [0.15, 0.2) is 12.1 Å². The fourth-order valence-corrected chi connectivity index (χ4v) is 2.42. The molecule has 0 spiro atoms. The summed E-state index contributed by atoms with van der Waals surface area (Å²) in [5.74, 6) is 0. The molecule has 0 aliphatic carbocycles. The smallest absolute Gasteiger partial charge is 0.0471 e. The Kier molecular flexibility index (Phi) is 4.25. The van der Waals surface area contributed by atoms with Crippen LogP contribution in [0.2, 0.25) is 0 Å². The van der Waals surface area contributed by atoms with E-state index in [1.165, 1.54) is 18.3 Å². The summed E-state index contributed by atoms with van der Waals surface area (Å²) in [7, 11) is 0.